The van der Waals surface area contributed by atoms with E-state index in [9.17, 15) is 9.59 Å². The van der Waals surface area contributed by atoms with Crippen molar-refractivity contribution < 1.29 is 19.1 Å². The standard InChI is InChI=1S/C23H24N6O4/c1-14-3-5-17(10-25-14)27-23(31)29-21-12-24-11-18(28-21)16-4-6-19(20(8-16)32-2)33-13-15-7-22(30)26-9-15/h3-6,8,10-12,15H,7,9,13H2,1-2H3,(H,26,30)(H2,27,28,29,31)/t15-/m1/s1. The fourth-order valence-corrected chi connectivity index (χ4v) is 3.32. The molecule has 0 bridgehead atoms. The van der Waals surface area contributed by atoms with Crippen molar-refractivity contribution in [1.29, 1.82) is 0 Å². The van der Waals surface area contributed by atoms with E-state index in [1.54, 1.807) is 43.8 Å². The van der Waals surface area contributed by atoms with Crippen LogP contribution in [0.3, 0.4) is 0 Å². The lowest BCUT2D eigenvalue weighted by Crippen LogP contribution is -2.20. The second kappa shape index (κ2) is 9.94. The van der Waals surface area contributed by atoms with Gasteiger partial charge in [-0.3, -0.25) is 20.1 Å². The van der Waals surface area contributed by atoms with Crippen LogP contribution in [-0.4, -0.2) is 47.2 Å². The number of benzene rings is 1. The predicted octanol–water partition coefficient (Wildman–Crippen LogP) is 3.01. The van der Waals surface area contributed by atoms with E-state index >= 15 is 0 Å². The summed E-state index contributed by atoms with van der Waals surface area (Å²) in [6.07, 6.45) is 5.10. The number of ether oxygens (including phenoxy) is 2. The van der Waals surface area contributed by atoms with Gasteiger partial charge in [0.1, 0.15) is 0 Å². The first-order valence-electron chi connectivity index (χ1n) is 10.4. The van der Waals surface area contributed by atoms with Crippen LogP contribution in [0.25, 0.3) is 11.3 Å². The highest BCUT2D eigenvalue weighted by atomic mass is 16.5. The number of anilines is 2. The highest BCUT2D eigenvalue weighted by Crippen LogP contribution is 2.32. The maximum absolute atomic E-state index is 12.3. The van der Waals surface area contributed by atoms with Crippen LogP contribution >= 0.6 is 0 Å². The van der Waals surface area contributed by atoms with Crippen LogP contribution in [0.15, 0.2) is 48.9 Å². The van der Waals surface area contributed by atoms with Gasteiger partial charge in [-0.05, 0) is 37.3 Å². The summed E-state index contributed by atoms with van der Waals surface area (Å²) in [6, 6.07) is 8.54. The van der Waals surface area contributed by atoms with Crippen molar-refractivity contribution in [2.75, 3.05) is 30.9 Å². The fourth-order valence-electron chi connectivity index (χ4n) is 3.32. The second-order valence-electron chi connectivity index (χ2n) is 7.61. The number of aryl methyl sites for hydroxylation is 1. The zero-order valence-corrected chi connectivity index (χ0v) is 18.3. The third-order valence-corrected chi connectivity index (χ3v) is 5.04. The Kier molecular flexibility index (Phi) is 6.63. The molecule has 4 rings (SSSR count). The van der Waals surface area contributed by atoms with Crippen LogP contribution in [0.2, 0.25) is 0 Å². The summed E-state index contributed by atoms with van der Waals surface area (Å²) < 4.78 is 11.3. The van der Waals surface area contributed by atoms with Gasteiger partial charge in [-0.1, -0.05) is 0 Å². The summed E-state index contributed by atoms with van der Waals surface area (Å²) in [6.45, 7) is 2.90. The Morgan fingerprint density at radius 2 is 2.03 bits per heavy atom. The molecule has 3 heterocycles. The minimum absolute atomic E-state index is 0.0437. The molecule has 1 aliphatic heterocycles. The van der Waals surface area contributed by atoms with E-state index in [1.807, 2.05) is 13.0 Å². The van der Waals surface area contributed by atoms with Crippen molar-refractivity contribution in [1.82, 2.24) is 20.3 Å². The topological polar surface area (TPSA) is 127 Å². The summed E-state index contributed by atoms with van der Waals surface area (Å²) in [5.41, 5.74) is 2.73. The molecule has 33 heavy (non-hydrogen) atoms. The number of pyridine rings is 1. The number of carbonyl (C=O) groups is 2. The number of aromatic nitrogens is 3. The van der Waals surface area contributed by atoms with Gasteiger partial charge in [-0.15, -0.1) is 0 Å². The molecule has 0 radical (unpaired) electrons. The van der Waals surface area contributed by atoms with E-state index in [2.05, 4.69) is 30.9 Å². The van der Waals surface area contributed by atoms with Crippen molar-refractivity contribution in [3.05, 3.63) is 54.6 Å². The lowest BCUT2D eigenvalue weighted by atomic mass is 10.1. The van der Waals surface area contributed by atoms with Gasteiger partial charge < -0.3 is 20.1 Å². The van der Waals surface area contributed by atoms with Crippen LogP contribution < -0.4 is 25.4 Å². The van der Waals surface area contributed by atoms with Crippen LogP contribution in [0.5, 0.6) is 11.5 Å². The summed E-state index contributed by atoms with van der Waals surface area (Å²) in [5.74, 6) is 1.59. The van der Waals surface area contributed by atoms with Gasteiger partial charge in [0.25, 0.3) is 0 Å². The molecule has 2 aromatic heterocycles. The van der Waals surface area contributed by atoms with Gasteiger partial charge in [0.15, 0.2) is 17.3 Å². The largest absolute Gasteiger partial charge is 0.493 e. The lowest BCUT2D eigenvalue weighted by Gasteiger charge is -2.14. The van der Waals surface area contributed by atoms with E-state index in [4.69, 9.17) is 9.47 Å². The SMILES string of the molecule is COc1cc(-c2cncc(NC(=O)Nc3ccc(C)nc3)n2)ccc1OC[C@H]1CNC(=O)C1. The smallest absolute Gasteiger partial charge is 0.324 e. The Labute approximate surface area is 190 Å². The zero-order valence-electron chi connectivity index (χ0n) is 18.3. The maximum Gasteiger partial charge on any atom is 0.324 e. The lowest BCUT2D eigenvalue weighted by molar-refractivity contribution is -0.119. The molecule has 170 valence electrons. The predicted molar refractivity (Wildman–Crippen MR) is 122 cm³/mol. The number of hydrogen-bond acceptors (Lipinski definition) is 7. The monoisotopic (exact) mass is 448 g/mol. The number of amides is 3. The van der Waals surface area contributed by atoms with Crippen molar-refractivity contribution >= 4 is 23.4 Å². The highest BCUT2D eigenvalue weighted by molar-refractivity contribution is 5.99. The van der Waals surface area contributed by atoms with Crippen LogP contribution in [0, 0.1) is 12.8 Å². The Bertz CT molecular complexity index is 1150. The zero-order chi connectivity index (χ0) is 23.2. The van der Waals surface area contributed by atoms with Crippen LogP contribution in [-0.2, 0) is 4.79 Å². The molecule has 0 aliphatic carbocycles. The third kappa shape index (κ3) is 5.73. The Hall–Kier alpha value is -4.21. The molecule has 1 atom stereocenters. The Morgan fingerprint density at radius 3 is 2.76 bits per heavy atom. The molecule has 3 N–H and O–H groups in total. The van der Waals surface area contributed by atoms with Crippen molar-refractivity contribution in [3.63, 3.8) is 0 Å². The van der Waals surface area contributed by atoms with Crippen molar-refractivity contribution in [3.8, 4) is 22.8 Å². The van der Waals surface area contributed by atoms with Gasteiger partial charge in [0.05, 0.1) is 43.7 Å². The molecule has 3 amide bonds. The average molecular weight is 448 g/mol. The minimum atomic E-state index is -0.451. The molecule has 1 aromatic carbocycles. The number of rotatable bonds is 7. The summed E-state index contributed by atoms with van der Waals surface area (Å²) >= 11 is 0. The molecule has 3 aromatic rings. The number of carbonyl (C=O) groups excluding carboxylic acids is 2. The quantitative estimate of drug-likeness (QED) is 0.507. The number of urea groups is 1. The number of hydrogen-bond donors (Lipinski definition) is 3. The molecule has 0 unspecified atom stereocenters. The summed E-state index contributed by atoms with van der Waals surface area (Å²) in [7, 11) is 1.56. The summed E-state index contributed by atoms with van der Waals surface area (Å²) in [4.78, 5) is 36.4. The van der Waals surface area contributed by atoms with E-state index in [1.165, 1.54) is 6.20 Å². The normalized spacial score (nSPS) is 15.0. The Morgan fingerprint density at radius 1 is 1.15 bits per heavy atom. The molecule has 0 spiro atoms. The molecule has 1 aliphatic rings. The molecule has 1 fully saturated rings. The van der Waals surface area contributed by atoms with Gasteiger partial charge in [0.2, 0.25) is 5.91 Å². The molecule has 1 saturated heterocycles. The highest BCUT2D eigenvalue weighted by Gasteiger charge is 2.22. The van der Waals surface area contributed by atoms with E-state index < -0.39 is 6.03 Å². The van der Waals surface area contributed by atoms with E-state index in [-0.39, 0.29) is 11.8 Å². The van der Waals surface area contributed by atoms with Gasteiger partial charge in [0, 0.05) is 30.1 Å². The third-order valence-electron chi connectivity index (χ3n) is 5.04. The van der Waals surface area contributed by atoms with E-state index in [0.717, 1.165) is 11.3 Å². The molecule has 10 nitrogen and oxygen atoms in total. The number of nitrogens with one attached hydrogen (secondary N) is 3. The fraction of sp³-hybridized carbons (Fsp3) is 0.261. The van der Waals surface area contributed by atoms with Gasteiger partial charge >= 0.3 is 6.03 Å². The summed E-state index contributed by atoms with van der Waals surface area (Å²) in [5, 5.41) is 8.17. The number of methoxy groups -OCH3 is 1. The van der Waals surface area contributed by atoms with Crippen LogP contribution in [0.4, 0.5) is 16.3 Å². The molecular weight excluding hydrogens is 424 g/mol. The first-order chi connectivity index (χ1) is 16.0. The molecule has 0 saturated carbocycles. The van der Waals surface area contributed by atoms with Crippen LogP contribution in [0.1, 0.15) is 12.1 Å². The maximum atomic E-state index is 12.3. The first-order valence-corrected chi connectivity index (χ1v) is 10.4. The van der Waals surface area contributed by atoms with Crippen molar-refractivity contribution in [2.45, 2.75) is 13.3 Å². The average Bonchev–Trinajstić information content (AvgIpc) is 3.24. The van der Waals surface area contributed by atoms with Crippen molar-refractivity contribution in [2.24, 2.45) is 5.92 Å². The van der Waals surface area contributed by atoms with Gasteiger partial charge in [-0.2, -0.15) is 0 Å². The number of nitrogens with zero attached hydrogens (tertiary/aromatic N) is 3. The first kappa shape index (κ1) is 22.0. The molecule has 10 heteroatoms. The van der Waals surface area contributed by atoms with E-state index in [0.29, 0.717) is 48.3 Å². The van der Waals surface area contributed by atoms with Gasteiger partial charge in [-0.25, -0.2) is 9.78 Å². The minimum Gasteiger partial charge on any atom is -0.493 e. The molecular formula is C23H24N6O4. The Balaban J connectivity index is 1.42. The second-order valence-corrected chi connectivity index (χ2v) is 7.61.